The first kappa shape index (κ1) is 28.3. The summed E-state index contributed by atoms with van der Waals surface area (Å²) in [5.41, 5.74) is 1.95. The van der Waals surface area contributed by atoms with Gasteiger partial charge in [0.2, 0.25) is 0 Å². The summed E-state index contributed by atoms with van der Waals surface area (Å²) in [4.78, 5) is 24.2. The molecule has 0 saturated carbocycles. The molecule has 11 heteroatoms. The van der Waals surface area contributed by atoms with Crippen molar-refractivity contribution < 1.29 is 32.2 Å². The highest BCUT2D eigenvalue weighted by atomic mass is 127. The van der Waals surface area contributed by atoms with Gasteiger partial charge in [0, 0.05) is 16.3 Å². The third kappa shape index (κ3) is 7.83. The molecule has 0 radical (unpaired) electrons. The zero-order valence-corrected chi connectivity index (χ0v) is 23.5. The number of amides is 1. The monoisotopic (exact) mass is 638 g/mol. The van der Waals surface area contributed by atoms with Gasteiger partial charge in [0.25, 0.3) is 15.9 Å². The van der Waals surface area contributed by atoms with Crippen molar-refractivity contribution in [3.63, 3.8) is 0 Å². The summed E-state index contributed by atoms with van der Waals surface area (Å²) in [5, 5.41) is 2.70. The first-order valence-electron chi connectivity index (χ1n) is 11.3. The van der Waals surface area contributed by atoms with Crippen LogP contribution in [0.15, 0.2) is 71.6 Å². The minimum absolute atomic E-state index is 0.128. The van der Waals surface area contributed by atoms with Gasteiger partial charge in [0.15, 0.2) is 13.2 Å². The van der Waals surface area contributed by atoms with E-state index in [1.165, 1.54) is 19.2 Å². The molecule has 1 N–H and O–H groups in total. The Morgan fingerprint density at radius 2 is 1.54 bits per heavy atom. The van der Waals surface area contributed by atoms with Crippen LogP contribution < -0.4 is 19.1 Å². The van der Waals surface area contributed by atoms with E-state index in [1.807, 2.05) is 26.0 Å². The van der Waals surface area contributed by atoms with Crippen molar-refractivity contribution in [3.8, 4) is 11.5 Å². The zero-order chi connectivity index (χ0) is 27.0. The summed E-state index contributed by atoms with van der Waals surface area (Å²) >= 11 is 2.18. The van der Waals surface area contributed by atoms with E-state index in [9.17, 15) is 18.0 Å². The standard InChI is InChI=1S/C26H27IN2O7S/c1-4-34-21-10-12-23(13-11-21)37(32,33)29(3)20-6-8-22(9-7-20)35-17-26(31)36-16-25(30)28-24-14-5-19(27)15-18(24)2/h5-15H,4,16-17H2,1-3H3,(H,28,30). The predicted molar refractivity (Wildman–Crippen MR) is 149 cm³/mol. The molecule has 3 aromatic carbocycles. The number of hydrogen-bond acceptors (Lipinski definition) is 7. The molecule has 0 atom stereocenters. The lowest BCUT2D eigenvalue weighted by Crippen LogP contribution is -2.26. The van der Waals surface area contributed by atoms with Crippen LogP contribution in [0.4, 0.5) is 11.4 Å². The highest BCUT2D eigenvalue weighted by molar-refractivity contribution is 14.1. The summed E-state index contributed by atoms with van der Waals surface area (Å²) in [6.07, 6.45) is 0. The Bertz CT molecular complexity index is 1340. The van der Waals surface area contributed by atoms with Crippen molar-refractivity contribution in [1.29, 1.82) is 0 Å². The number of halogens is 1. The van der Waals surface area contributed by atoms with Gasteiger partial charge in [-0.2, -0.15) is 0 Å². The molecule has 0 spiro atoms. The Morgan fingerprint density at radius 1 is 0.919 bits per heavy atom. The Morgan fingerprint density at radius 3 is 2.16 bits per heavy atom. The molecule has 0 fully saturated rings. The number of carbonyl (C=O) groups excluding carboxylic acids is 2. The molecular formula is C26H27IN2O7S. The fraction of sp³-hybridized carbons (Fsp3) is 0.231. The maximum atomic E-state index is 12.9. The van der Waals surface area contributed by atoms with Crippen LogP contribution in [0.1, 0.15) is 12.5 Å². The number of anilines is 2. The third-order valence-corrected chi connectivity index (χ3v) is 7.65. The number of benzene rings is 3. The number of nitrogens with zero attached hydrogens (tertiary/aromatic N) is 1. The summed E-state index contributed by atoms with van der Waals surface area (Å²) in [6, 6.07) is 18.0. The number of aryl methyl sites for hydroxylation is 1. The highest BCUT2D eigenvalue weighted by Gasteiger charge is 2.21. The Balaban J connectivity index is 1.49. The van der Waals surface area contributed by atoms with Gasteiger partial charge in [0.1, 0.15) is 11.5 Å². The van der Waals surface area contributed by atoms with E-state index in [4.69, 9.17) is 14.2 Å². The first-order valence-corrected chi connectivity index (χ1v) is 13.8. The molecule has 196 valence electrons. The molecule has 3 rings (SSSR count). The van der Waals surface area contributed by atoms with Crippen LogP contribution in [0.3, 0.4) is 0 Å². The average Bonchev–Trinajstić information content (AvgIpc) is 2.88. The van der Waals surface area contributed by atoms with Crippen LogP contribution in [0.2, 0.25) is 0 Å². The molecule has 0 aromatic heterocycles. The van der Waals surface area contributed by atoms with Crippen molar-refractivity contribution in [3.05, 3.63) is 75.9 Å². The normalized spacial score (nSPS) is 10.9. The summed E-state index contributed by atoms with van der Waals surface area (Å²) in [7, 11) is -2.33. The van der Waals surface area contributed by atoms with E-state index >= 15 is 0 Å². The van der Waals surface area contributed by atoms with Crippen LogP contribution in [-0.4, -0.2) is 47.2 Å². The average molecular weight is 638 g/mol. The summed E-state index contributed by atoms with van der Waals surface area (Å²) < 4.78 is 43.8. The molecule has 1 amide bonds. The second-order valence-corrected chi connectivity index (χ2v) is 11.0. The summed E-state index contributed by atoms with van der Waals surface area (Å²) in [5.74, 6) is -0.245. The van der Waals surface area contributed by atoms with E-state index in [1.54, 1.807) is 42.5 Å². The van der Waals surface area contributed by atoms with Crippen LogP contribution in [0.5, 0.6) is 11.5 Å². The number of sulfonamides is 1. The molecule has 0 aliphatic carbocycles. The van der Waals surface area contributed by atoms with E-state index in [0.29, 0.717) is 29.5 Å². The van der Waals surface area contributed by atoms with E-state index in [2.05, 4.69) is 27.9 Å². The topological polar surface area (TPSA) is 111 Å². The maximum Gasteiger partial charge on any atom is 0.344 e. The second kappa shape index (κ2) is 12.8. The van der Waals surface area contributed by atoms with Crippen molar-refractivity contribution in [2.45, 2.75) is 18.7 Å². The number of ether oxygens (including phenoxy) is 3. The van der Waals surface area contributed by atoms with Gasteiger partial charge in [-0.1, -0.05) is 0 Å². The molecule has 0 aliphatic heterocycles. The van der Waals surface area contributed by atoms with Gasteiger partial charge in [-0.05, 0) is 109 Å². The van der Waals surface area contributed by atoms with E-state index in [-0.39, 0.29) is 4.90 Å². The Labute approximate surface area is 229 Å². The maximum absolute atomic E-state index is 12.9. The van der Waals surface area contributed by atoms with E-state index in [0.717, 1.165) is 13.4 Å². The molecule has 0 heterocycles. The van der Waals surface area contributed by atoms with Crippen LogP contribution >= 0.6 is 22.6 Å². The quantitative estimate of drug-likeness (QED) is 0.245. The van der Waals surface area contributed by atoms with Crippen molar-refractivity contribution in [2.24, 2.45) is 0 Å². The first-order chi connectivity index (χ1) is 17.6. The second-order valence-electron chi connectivity index (χ2n) is 7.83. The molecule has 3 aromatic rings. The number of esters is 1. The van der Waals surface area contributed by atoms with Crippen molar-refractivity contribution >= 4 is 55.9 Å². The number of carbonyl (C=O) groups is 2. The molecular weight excluding hydrogens is 611 g/mol. The fourth-order valence-electron chi connectivity index (χ4n) is 3.21. The zero-order valence-electron chi connectivity index (χ0n) is 20.6. The molecule has 0 saturated heterocycles. The molecule has 9 nitrogen and oxygen atoms in total. The van der Waals surface area contributed by atoms with Crippen molar-refractivity contribution in [1.82, 2.24) is 0 Å². The third-order valence-electron chi connectivity index (χ3n) is 5.18. The van der Waals surface area contributed by atoms with Gasteiger partial charge in [-0.15, -0.1) is 0 Å². The molecule has 0 aliphatic rings. The van der Waals surface area contributed by atoms with Gasteiger partial charge in [-0.3, -0.25) is 9.10 Å². The lowest BCUT2D eigenvalue weighted by molar-refractivity contribution is -0.149. The molecule has 0 bridgehead atoms. The summed E-state index contributed by atoms with van der Waals surface area (Å²) in [6.45, 7) is 3.36. The van der Waals surface area contributed by atoms with Gasteiger partial charge >= 0.3 is 5.97 Å². The molecule has 37 heavy (non-hydrogen) atoms. The minimum Gasteiger partial charge on any atom is -0.494 e. The predicted octanol–water partition coefficient (Wildman–Crippen LogP) is 4.38. The largest absolute Gasteiger partial charge is 0.494 e. The Hall–Kier alpha value is -3.32. The fourth-order valence-corrected chi connectivity index (χ4v) is 5.05. The van der Waals surface area contributed by atoms with Crippen LogP contribution in [0.25, 0.3) is 0 Å². The SMILES string of the molecule is CCOc1ccc(S(=O)(=O)N(C)c2ccc(OCC(=O)OCC(=O)Nc3ccc(I)cc3C)cc2)cc1. The highest BCUT2D eigenvalue weighted by Crippen LogP contribution is 2.25. The smallest absolute Gasteiger partial charge is 0.344 e. The van der Waals surface area contributed by atoms with Crippen LogP contribution in [0, 0.1) is 10.5 Å². The Kier molecular flexibility index (Phi) is 9.75. The van der Waals surface area contributed by atoms with Gasteiger partial charge in [-0.25, -0.2) is 13.2 Å². The van der Waals surface area contributed by atoms with Crippen molar-refractivity contribution in [2.75, 3.05) is 36.5 Å². The van der Waals surface area contributed by atoms with Gasteiger partial charge < -0.3 is 19.5 Å². The minimum atomic E-state index is -3.78. The lowest BCUT2D eigenvalue weighted by Gasteiger charge is -2.20. The van der Waals surface area contributed by atoms with Gasteiger partial charge in [0.05, 0.1) is 17.2 Å². The number of hydrogen-bond donors (Lipinski definition) is 1. The van der Waals surface area contributed by atoms with Crippen LogP contribution in [-0.2, 0) is 24.3 Å². The van der Waals surface area contributed by atoms with E-state index < -0.39 is 35.1 Å². The number of rotatable bonds is 11. The lowest BCUT2D eigenvalue weighted by atomic mass is 10.2. The molecule has 0 unspecified atom stereocenters. The number of nitrogens with one attached hydrogen (secondary N) is 1.